The number of imide groups is 1. The fourth-order valence-electron chi connectivity index (χ4n) is 2.70. The Morgan fingerprint density at radius 2 is 1.62 bits per heavy atom. The van der Waals surface area contributed by atoms with E-state index in [2.05, 4.69) is 36.5 Å². The molecule has 6 heteroatoms. The SMILES string of the molecule is Cc1ccc(SCCNC(=O)c2ccc(N3C(=O)CCC3=O)cc2)cc1. The van der Waals surface area contributed by atoms with Crippen LogP contribution in [0.3, 0.4) is 0 Å². The molecule has 0 atom stereocenters. The molecular weight excluding hydrogens is 348 g/mol. The predicted molar refractivity (Wildman–Crippen MR) is 102 cm³/mol. The van der Waals surface area contributed by atoms with Crippen LogP contribution in [-0.4, -0.2) is 30.0 Å². The fourth-order valence-corrected chi connectivity index (χ4v) is 3.46. The van der Waals surface area contributed by atoms with Gasteiger partial charge in [-0.3, -0.25) is 19.3 Å². The molecule has 1 aliphatic rings. The molecule has 1 heterocycles. The van der Waals surface area contributed by atoms with Gasteiger partial charge in [0.15, 0.2) is 0 Å². The highest BCUT2D eigenvalue weighted by molar-refractivity contribution is 7.99. The van der Waals surface area contributed by atoms with E-state index in [0.717, 1.165) is 5.75 Å². The molecular formula is C20H20N2O3S. The maximum atomic E-state index is 12.2. The van der Waals surface area contributed by atoms with Crippen molar-refractivity contribution in [2.75, 3.05) is 17.2 Å². The van der Waals surface area contributed by atoms with Crippen LogP contribution in [0.1, 0.15) is 28.8 Å². The highest BCUT2D eigenvalue weighted by Crippen LogP contribution is 2.23. The number of hydrogen-bond acceptors (Lipinski definition) is 4. The number of amides is 3. The van der Waals surface area contributed by atoms with E-state index in [0.29, 0.717) is 17.8 Å². The molecule has 1 N–H and O–H groups in total. The molecule has 1 fully saturated rings. The van der Waals surface area contributed by atoms with Gasteiger partial charge < -0.3 is 5.32 Å². The van der Waals surface area contributed by atoms with Gasteiger partial charge in [0.1, 0.15) is 0 Å². The van der Waals surface area contributed by atoms with Gasteiger partial charge in [-0.2, -0.15) is 0 Å². The molecule has 0 aromatic heterocycles. The number of nitrogens with one attached hydrogen (secondary N) is 1. The Balaban J connectivity index is 1.49. The Kier molecular flexibility index (Phi) is 5.73. The first-order valence-electron chi connectivity index (χ1n) is 8.48. The second-order valence-electron chi connectivity index (χ2n) is 6.09. The number of aryl methyl sites for hydroxylation is 1. The predicted octanol–water partition coefficient (Wildman–Crippen LogP) is 3.17. The van der Waals surface area contributed by atoms with E-state index in [-0.39, 0.29) is 30.6 Å². The van der Waals surface area contributed by atoms with E-state index < -0.39 is 0 Å². The van der Waals surface area contributed by atoms with Crippen molar-refractivity contribution in [3.63, 3.8) is 0 Å². The third kappa shape index (κ3) is 4.32. The summed E-state index contributed by atoms with van der Waals surface area (Å²) in [6.45, 7) is 2.61. The number of nitrogens with zero attached hydrogens (tertiary/aromatic N) is 1. The van der Waals surface area contributed by atoms with Crippen LogP contribution in [0.2, 0.25) is 0 Å². The minimum Gasteiger partial charge on any atom is -0.351 e. The number of anilines is 1. The Labute approximate surface area is 156 Å². The number of benzene rings is 2. The van der Waals surface area contributed by atoms with Crippen LogP contribution in [-0.2, 0) is 9.59 Å². The van der Waals surface area contributed by atoms with Crippen molar-refractivity contribution in [1.29, 1.82) is 0 Å². The van der Waals surface area contributed by atoms with Crippen LogP contribution in [0.15, 0.2) is 53.4 Å². The number of carbonyl (C=O) groups excluding carboxylic acids is 3. The minimum atomic E-state index is -0.194. The van der Waals surface area contributed by atoms with E-state index in [4.69, 9.17) is 0 Å². The maximum absolute atomic E-state index is 12.2. The van der Waals surface area contributed by atoms with Gasteiger partial charge in [0.05, 0.1) is 5.69 Å². The van der Waals surface area contributed by atoms with E-state index in [1.54, 1.807) is 36.0 Å². The summed E-state index contributed by atoms with van der Waals surface area (Å²) < 4.78 is 0. The van der Waals surface area contributed by atoms with Gasteiger partial charge in [-0.1, -0.05) is 17.7 Å². The minimum absolute atomic E-state index is 0.167. The lowest BCUT2D eigenvalue weighted by atomic mass is 10.2. The van der Waals surface area contributed by atoms with Crippen molar-refractivity contribution >= 4 is 35.2 Å². The zero-order valence-electron chi connectivity index (χ0n) is 14.5. The van der Waals surface area contributed by atoms with Gasteiger partial charge in [0, 0.05) is 35.6 Å². The average Bonchev–Trinajstić information content (AvgIpc) is 2.98. The molecule has 0 unspecified atom stereocenters. The van der Waals surface area contributed by atoms with Crippen LogP contribution < -0.4 is 10.2 Å². The lowest BCUT2D eigenvalue weighted by molar-refractivity contribution is -0.121. The van der Waals surface area contributed by atoms with Gasteiger partial charge in [-0.15, -0.1) is 11.8 Å². The zero-order chi connectivity index (χ0) is 18.5. The molecule has 26 heavy (non-hydrogen) atoms. The van der Waals surface area contributed by atoms with Crippen LogP contribution >= 0.6 is 11.8 Å². The molecule has 1 aliphatic heterocycles. The number of carbonyl (C=O) groups is 3. The fraction of sp³-hybridized carbons (Fsp3) is 0.250. The van der Waals surface area contributed by atoms with Gasteiger partial charge in [-0.05, 0) is 43.3 Å². The molecule has 1 saturated heterocycles. The molecule has 5 nitrogen and oxygen atoms in total. The zero-order valence-corrected chi connectivity index (χ0v) is 15.3. The molecule has 134 valence electrons. The van der Waals surface area contributed by atoms with Crippen LogP contribution in [0.4, 0.5) is 5.69 Å². The standard InChI is InChI=1S/C20H20N2O3S/c1-14-2-8-17(9-3-14)26-13-12-21-20(25)15-4-6-16(7-5-15)22-18(23)10-11-19(22)24/h2-9H,10-13H2,1H3,(H,21,25). The summed E-state index contributed by atoms with van der Waals surface area (Å²) in [6, 6.07) is 14.8. The van der Waals surface area contributed by atoms with Crippen molar-refractivity contribution in [2.24, 2.45) is 0 Å². The van der Waals surface area contributed by atoms with E-state index in [1.807, 2.05) is 0 Å². The molecule has 2 aromatic carbocycles. The highest BCUT2D eigenvalue weighted by atomic mass is 32.2. The molecule has 0 bridgehead atoms. The first-order valence-corrected chi connectivity index (χ1v) is 9.46. The third-order valence-corrected chi connectivity index (χ3v) is 5.13. The highest BCUT2D eigenvalue weighted by Gasteiger charge is 2.30. The van der Waals surface area contributed by atoms with Gasteiger partial charge in [0.25, 0.3) is 5.91 Å². The molecule has 0 aliphatic carbocycles. The van der Waals surface area contributed by atoms with Crippen molar-refractivity contribution < 1.29 is 14.4 Å². The van der Waals surface area contributed by atoms with E-state index >= 15 is 0 Å². The summed E-state index contributed by atoms with van der Waals surface area (Å²) in [4.78, 5) is 38.0. The van der Waals surface area contributed by atoms with Crippen molar-refractivity contribution in [2.45, 2.75) is 24.7 Å². The van der Waals surface area contributed by atoms with Gasteiger partial charge >= 0.3 is 0 Å². The largest absolute Gasteiger partial charge is 0.351 e. The van der Waals surface area contributed by atoms with Crippen molar-refractivity contribution in [1.82, 2.24) is 5.32 Å². The van der Waals surface area contributed by atoms with Gasteiger partial charge in [0.2, 0.25) is 11.8 Å². The van der Waals surface area contributed by atoms with Gasteiger partial charge in [-0.25, -0.2) is 0 Å². The number of hydrogen-bond donors (Lipinski definition) is 1. The summed E-state index contributed by atoms with van der Waals surface area (Å²) in [5, 5.41) is 2.88. The molecule has 0 radical (unpaired) electrons. The van der Waals surface area contributed by atoms with Crippen LogP contribution in [0, 0.1) is 6.92 Å². The van der Waals surface area contributed by atoms with Crippen LogP contribution in [0.25, 0.3) is 0 Å². The Morgan fingerprint density at radius 1 is 1.00 bits per heavy atom. The summed E-state index contributed by atoms with van der Waals surface area (Å²) in [5.41, 5.74) is 2.25. The monoisotopic (exact) mass is 368 g/mol. The quantitative estimate of drug-likeness (QED) is 0.483. The topological polar surface area (TPSA) is 66.5 Å². The second-order valence-corrected chi connectivity index (χ2v) is 7.26. The summed E-state index contributed by atoms with van der Waals surface area (Å²) in [6.07, 6.45) is 0.499. The Hall–Kier alpha value is -2.60. The summed E-state index contributed by atoms with van der Waals surface area (Å²) in [5.74, 6) is 0.227. The van der Waals surface area contributed by atoms with Crippen molar-refractivity contribution in [3.8, 4) is 0 Å². The summed E-state index contributed by atoms with van der Waals surface area (Å²) in [7, 11) is 0. The lowest BCUT2D eigenvalue weighted by Crippen LogP contribution is -2.29. The first kappa shape index (κ1) is 18.2. The molecule has 0 saturated carbocycles. The Morgan fingerprint density at radius 3 is 2.23 bits per heavy atom. The second kappa shape index (κ2) is 8.19. The van der Waals surface area contributed by atoms with E-state index in [1.165, 1.54) is 15.4 Å². The molecule has 3 amide bonds. The van der Waals surface area contributed by atoms with Crippen LogP contribution in [0.5, 0.6) is 0 Å². The average molecular weight is 368 g/mol. The van der Waals surface area contributed by atoms with Crippen molar-refractivity contribution in [3.05, 3.63) is 59.7 Å². The normalized spacial score (nSPS) is 14.0. The summed E-state index contributed by atoms with van der Waals surface area (Å²) >= 11 is 1.69. The molecule has 2 aromatic rings. The maximum Gasteiger partial charge on any atom is 0.251 e. The van der Waals surface area contributed by atoms with E-state index in [9.17, 15) is 14.4 Å². The first-order chi connectivity index (χ1) is 12.5. The third-order valence-electron chi connectivity index (χ3n) is 4.12. The lowest BCUT2D eigenvalue weighted by Gasteiger charge is -2.14. The smallest absolute Gasteiger partial charge is 0.251 e. The Bertz CT molecular complexity index is 800. The number of thioether (sulfide) groups is 1. The number of rotatable bonds is 6. The molecule has 0 spiro atoms. The molecule has 3 rings (SSSR count).